The summed E-state index contributed by atoms with van der Waals surface area (Å²) in [4.78, 5) is 0. The topological polar surface area (TPSA) is 9.23 Å². The minimum atomic E-state index is 0.781. The Balaban J connectivity index is 2.62. The molecule has 0 atom stereocenters. The summed E-state index contributed by atoms with van der Waals surface area (Å²) in [5.74, 6) is 0. The second kappa shape index (κ2) is 5.99. The van der Waals surface area contributed by atoms with Crippen LogP contribution in [0.2, 0.25) is 0 Å². The second-order valence-corrected chi connectivity index (χ2v) is 4.16. The van der Waals surface area contributed by atoms with Gasteiger partial charge in [0.1, 0.15) is 0 Å². The maximum Gasteiger partial charge on any atom is 0.0496 e. The zero-order chi connectivity index (χ0) is 10.4. The Labute approximate surface area is 93.9 Å². The highest BCUT2D eigenvalue weighted by Gasteiger charge is 1.92. The molecule has 0 N–H and O–H groups in total. The minimum absolute atomic E-state index is 0.781. The zero-order valence-corrected chi connectivity index (χ0v) is 10.2. The lowest BCUT2D eigenvalue weighted by atomic mass is 10.1. The Bertz CT molecular complexity index is 298. The Kier molecular flexibility index (Phi) is 4.91. The van der Waals surface area contributed by atoms with Gasteiger partial charge in [-0.2, -0.15) is 0 Å². The van der Waals surface area contributed by atoms with Crippen LogP contribution < -0.4 is 0 Å². The summed E-state index contributed by atoms with van der Waals surface area (Å²) < 4.78 is 6.10. The molecule has 0 aromatic heterocycles. The first-order chi connectivity index (χ1) is 6.72. The van der Waals surface area contributed by atoms with E-state index in [4.69, 9.17) is 4.74 Å². The van der Waals surface area contributed by atoms with E-state index in [1.54, 1.807) is 7.11 Å². The Hall–Kier alpha value is -0.600. The molecule has 0 aliphatic rings. The molecule has 14 heavy (non-hydrogen) atoms. The van der Waals surface area contributed by atoms with Gasteiger partial charge in [-0.15, -0.1) is 0 Å². The van der Waals surface area contributed by atoms with Gasteiger partial charge in [-0.1, -0.05) is 34.1 Å². The van der Waals surface area contributed by atoms with Gasteiger partial charge in [-0.25, -0.2) is 0 Å². The molecule has 76 valence electrons. The average molecular weight is 255 g/mol. The number of methoxy groups -OCH3 is 1. The molecule has 1 aromatic rings. The van der Waals surface area contributed by atoms with E-state index in [2.05, 4.69) is 53.2 Å². The number of aryl methyl sites for hydroxylation is 1. The van der Waals surface area contributed by atoms with E-state index in [-0.39, 0.29) is 0 Å². The van der Waals surface area contributed by atoms with Gasteiger partial charge in [0.2, 0.25) is 0 Å². The average Bonchev–Trinajstić information content (AvgIpc) is 2.11. The van der Waals surface area contributed by atoms with Gasteiger partial charge in [0.15, 0.2) is 0 Å². The molecule has 0 fully saturated rings. The van der Waals surface area contributed by atoms with Gasteiger partial charge in [0, 0.05) is 18.2 Å². The van der Waals surface area contributed by atoms with E-state index in [0.717, 1.165) is 17.5 Å². The van der Waals surface area contributed by atoms with E-state index in [1.165, 1.54) is 11.1 Å². The van der Waals surface area contributed by atoms with Crippen LogP contribution in [0.3, 0.4) is 0 Å². The maximum absolute atomic E-state index is 4.97. The van der Waals surface area contributed by atoms with Gasteiger partial charge in [0.05, 0.1) is 0 Å². The van der Waals surface area contributed by atoms with E-state index in [0.29, 0.717) is 0 Å². The van der Waals surface area contributed by atoms with Crippen molar-refractivity contribution in [1.82, 2.24) is 0 Å². The largest absolute Gasteiger partial charge is 0.384 e. The molecule has 0 aliphatic heterocycles. The van der Waals surface area contributed by atoms with Crippen molar-refractivity contribution in [2.45, 2.75) is 13.3 Å². The summed E-state index contributed by atoms with van der Waals surface area (Å²) in [6.07, 6.45) is 5.21. The molecule has 0 spiro atoms. The zero-order valence-electron chi connectivity index (χ0n) is 8.59. The lowest BCUT2D eigenvalue weighted by molar-refractivity contribution is 0.204. The molecular weight excluding hydrogens is 240 g/mol. The van der Waals surface area contributed by atoms with E-state index >= 15 is 0 Å². The fourth-order valence-corrected chi connectivity index (χ4v) is 1.89. The van der Waals surface area contributed by atoms with Crippen LogP contribution in [0.5, 0.6) is 0 Å². The monoisotopic (exact) mass is 254 g/mol. The Morgan fingerprint density at radius 3 is 2.79 bits per heavy atom. The predicted octanol–water partition coefficient (Wildman–Crippen LogP) is 3.81. The lowest BCUT2D eigenvalue weighted by Crippen LogP contribution is -1.84. The van der Waals surface area contributed by atoms with Crippen molar-refractivity contribution in [3.63, 3.8) is 0 Å². The van der Waals surface area contributed by atoms with Crippen LogP contribution in [0.25, 0.3) is 6.08 Å². The molecule has 0 heterocycles. The van der Waals surface area contributed by atoms with Crippen molar-refractivity contribution >= 4 is 22.0 Å². The number of hydrogen-bond acceptors (Lipinski definition) is 1. The molecule has 0 bridgehead atoms. The number of hydrogen-bond donors (Lipinski definition) is 0. The van der Waals surface area contributed by atoms with Crippen LogP contribution >= 0.6 is 15.9 Å². The van der Waals surface area contributed by atoms with Gasteiger partial charge in [0.25, 0.3) is 0 Å². The number of rotatable bonds is 4. The van der Waals surface area contributed by atoms with Gasteiger partial charge in [-0.05, 0) is 36.6 Å². The fourth-order valence-electron chi connectivity index (χ4n) is 1.27. The molecule has 2 heteroatoms. The summed E-state index contributed by atoms with van der Waals surface area (Å²) >= 11 is 3.48. The van der Waals surface area contributed by atoms with Crippen molar-refractivity contribution < 1.29 is 4.74 Å². The van der Waals surface area contributed by atoms with Crippen molar-refractivity contribution in [3.8, 4) is 0 Å². The molecule has 1 nitrogen and oxygen atoms in total. The van der Waals surface area contributed by atoms with Crippen molar-refractivity contribution in [2.24, 2.45) is 0 Å². The lowest BCUT2D eigenvalue weighted by Gasteiger charge is -1.98. The third-order valence-electron chi connectivity index (χ3n) is 1.86. The summed E-state index contributed by atoms with van der Waals surface area (Å²) in [7, 11) is 1.72. The molecule has 0 saturated carbocycles. The van der Waals surface area contributed by atoms with Gasteiger partial charge in [-0.3, -0.25) is 0 Å². The third-order valence-corrected chi connectivity index (χ3v) is 2.32. The molecule has 1 aromatic carbocycles. The smallest absolute Gasteiger partial charge is 0.0496 e. The van der Waals surface area contributed by atoms with Crippen molar-refractivity contribution in [1.29, 1.82) is 0 Å². The number of benzene rings is 1. The number of halogens is 1. The summed E-state index contributed by atoms with van der Waals surface area (Å²) in [5, 5.41) is 0. The van der Waals surface area contributed by atoms with Crippen molar-refractivity contribution in [2.75, 3.05) is 13.7 Å². The van der Waals surface area contributed by atoms with E-state index in [9.17, 15) is 0 Å². The predicted molar refractivity (Wildman–Crippen MR) is 64.4 cm³/mol. The first-order valence-electron chi connectivity index (χ1n) is 4.65. The van der Waals surface area contributed by atoms with Gasteiger partial charge < -0.3 is 4.74 Å². The molecule has 0 radical (unpaired) electrons. The quantitative estimate of drug-likeness (QED) is 0.743. The summed E-state index contributed by atoms with van der Waals surface area (Å²) in [5.41, 5.74) is 2.50. The van der Waals surface area contributed by atoms with Crippen molar-refractivity contribution in [3.05, 3.63) is 39.9 Å². The molecule has 1 rings (SSSR count). The standard InChI is InChI=1S/C12H15BrO/c1-10-7-11(9-12(13)8-10)5-3-4-6-14-2/h3,5,7-9H,4,6H2,1-2H3/b5-3+. The van der Waals surface area contributed by atoms with Crippen LogP contribution in [-0.4, -0.2) is 13.7 Å². The van der Waals surface area contributed by atoms with Gasteiger partial charge >= 0.3 is 0 Å². The second-order valence-electron chi connectivity index (χ2n) is 3.25. The molecule has 0 unspecified atom stereocenters. The van der Waals surface area contributed by atoms with Crippen LogP contribution in [0.4, 0.5) is 0 Å². The first-order valence-corrected chi connectivity index (χ1v) is 5.44. The summed E-state index contributed by atoms with van der Waals surface area (Å²) in [6.45, 7) is 2.88. The van der Waals surface area contributed by atoms with E-state index < -0.39 is 0 Å². The molecule has 0 aliphatic carbocycles. The van der Waals surface area contributed by atoms with Crippen LogP contribution in [0.15, 0.2) is 28.7 Å². The first kappa shape index (κ1) is 11.5. The third kappa shape index (κ3) is 4.07. The molecule has 0 amide bonds. The normalized spacial score (nSPS) is 11.1. The molecular formula is C12H15BrO. The highest BCUT2D eigenvalue weighted by atomic mass is 79.9. The highest BCUT2D eigenvalue weighted by molar-refractivity contribution is 9.10. The number of ether oxygens (including phenoxy) is 1. The Morgan fingerprint density at radius 2 is 2.14 bits per heavy atom. The maximum atomic E-state index is 4.97. The minimum Gasteiger partial charge on any atom is -0.384 e. The highest BCUT2D eigenvalue weighted by Crippen LogP contribution is 2.16. The van der Waals surface area contributed by atoms with Crippen LogP contribution in [0, 0.1) is 6.92 Å². The Morgan fingerprint density at radius 1 is 1.36 bits per heavy atom. The van der Waals surface area contributed by atoms with Crippen LogP contribution in [0.1, 0.15) is 17.5 Å². The SMILES string of the molecule is COCC/C=C/c1cc(C)cc(Br)c1. The van der Waals surface area contributed by atoms with E-state index in [1.807, 2.05) is 0 Å². The fraction of sp³-hybridized carbons (Fsp3) is 0.333. The van der Waals surface area contributed by atoms with Crippen LogP contribution in [-0.2, 0) is 4.74 Å². The summed E-state index contributed by atoms with van der Waals surface area (Å²) in [6, 6.07) is 6.37. The molecule has 0 saturated heterocycles.